The van der Waals surface area contributed by atoms with E-state index >= 15 is 0 Å². The summed E-state index contributed by atoms with van der Waals surface area (Å²) in [6, 6.07) is 7.93. The number of halogens is 1. The molecule has 1 atom stereocenters. The number of nitrogens with one attached hydrogen (secondary N) is 1. The first-order valence-electron chi connectivity index (χ1n) is 6.42. The van der Waals surface area contributed by atoms with Crippen molar-refractivity contribution in [2.24, 2.45) is 0 Å². The fraction of sp³-hybridized carbons (Fsp3) is 0.500. The molecular formula is C14H19BrN2O. The number of amides is 1. The Balaban J connectivity index is 2.05. The fourth-order valence-electron chi connectivity index (χ4n) is 2.35. The predicted molar refractivity (Wildman–Crippen MR) is 76.7 cm³/mol. The summed E-state index contributed by atoms with van der Waals surface area (Å²) in [6.07, 6.45) is 3.27. The van der Waals surface area contributed by atoms with Crippen LogP contribution in [-0.4, -0.2) is 37.0 Å². The summed E-state index contributed by atoms with van der Waals surface area (Å²) in [5.41, 5.74) is 0.762. The predicted octanol–water partition coefficient (Wildman–Crippen LogP) is 2.66. The molecule has 3 nitrogen and oxygen atoms in total. The van der Waals surface area contributed by atoms with Crippen molar-refractivity contribution in [1.82, 2.24) is 10.2 Å². The number of nitrogens with zero attached hydrogens (tertiary/aromatic N) is 1. The Kier molecular flexibility index (Phi) is 4.78. The topological polar surface area (TPSA) is 32.3 Å². The highest BCUT2D eigenvalue weighted by Crippen LogP contribution is 2.16. The van der Waals surface area contributed by atoms with Crippen LogP contribution in [0.5, 0.6) is 0 Å². The van der Waals surface area contributed by atoms with E-state index in [2.05, 4.69) is 21.2 Å². The largest absolute Gasteiger partial charge is 0.339 e. The zero-order valence-corrected chi connectivity index (χ0v) is 12.2. The van der Waals surface area contributed by atoms with Crippen LogP contribution in [0.25, 0.3) is 0 Å². The summed E-state index contributed by atoms with van der Waals surface area (Å²) in [7, 11) is 1.92. The standard InChI is InChI=1S/C14H19BrN2O/c1-17(13-3-2-9-16-10-8-13)14(18)11-4-6-12(15)7-5-11/h4-7,13,16H,2-3,8-10H2,1H3. The molecule has 0 aromatic heterocycles. The highest BCUT2D eigenvalue weighted by Gasteiger charge is 2.21. The lowest BCUT2D eigenvalue weighted by Crippen LogP contribution is -2.37. The van der Waals surface area contributed by atoms with Gasteiger partial charge in [-0.05, 0) is 56.6 Å². The van der Waals surface area contributed by atoms with E-state index in [1.807, 2.05) is 36.2 Å². The molecule has 1 N–H and O–H groups in total. The third kappa shape index (κ3) is 3.33. The summed E-state index contributed by atoms with van der Waals surface area (Å²) < 4.78 is 1.00. The first-order valence-corrected chi connectivity index (χ1v) is 7.21. The van der Waals surface area contributed by atoms with Crippen molar-refractivity contribution in [1.29, 1.82) is 0 Å². The van der Waals surface area contributed by atoms with Crippen molar-refractivity contribution in [2.45, 2.75) is 25.3 Å². The molecule has 0 saturated carbocycles. The molecule has 1 fully saturated rings. The lowest BCUT2D eigenvalue weighted by Gasteiger charge is -2.27. The summed E-state index contributed by atoms with van der Waals surface area (Å²) in [5.74, 6) is 0.120. The van der Waals surface area contributed by atoms with Gasteiger partial charge in [-0.2, -0.15) is 0 Å². The van der Waals surface area contributed by atoms with Gasteiger partial charge in [0.05, 0.1) is 0 Å². The van der Waals surface area contributed by atoms with E-state index in [4.69, 9.17) is 0 Å². The molecule has 1 amide bonds. The minimum Gasteiger partial charge on any atom is -0.339 e. The molecule has 1 aromatic carbocycles. The van der Waals surface area contributed by atoms with E-state index < -0.39 is 0 Å². The van der Waals surface area contributed by atoms with Gasteiger partial charge in [0, 0.05) is 23.1 Å². The maximum absolute atomic E-state index is 12.4. The van der Waals surface area contributed by atoms with Gasteiger partial charge in [0.2, 0.25) is 0 Å². The first kappa shape index (κ1) is 13.6. The monoisotopic (exact) mass is 310 g/mol. The van der Waals surface area contributed by atoms with E-state index in [9.17, 15) is 4.79 Å². The van der Waals surface area contributed by atoms with E-state index in [0.717, 1.165) is 42.4 Å². The van der Waals surface area contributed by atoms with Gasteiger partial charge in [-0.15, -0.1) is 0 Å². The second kappa shape index (κ2) is 6.34. The molecule has 1 aliphatic heterocycles. The van der Waals surface area contributed by atoms with Gasteiger partial charge >= 0.3 is 0 Å². The zero-order valence-electron chi connectivity index (χ0n) is 10.7. The van der Waals surface area contributed by atoms with Crippen LogP contribution in [0.4, 0.5) is 0 Å². The van der Waals surface area contributed by atoms with Crippen molar-refractivity contribution in [3.8, 4) is 0 Å². The smallest absolute Gasteiger partial charge is 0.253 e. The molecule has 1 aliphatic rings. The Bertz CT molecular complexity index is 397. The molecule has 0 radical (unpaired) electrons. The summed E-state index contributed by atoms with van der Waals surface area (Å²) in [6.45, 7) is 2.07. The molecule has 4 heteroatoms. The molecule has 1 aromatic rings. The van der Waals surface area contributed by atoms with Crippen LogP contribution in [0.15, 0.2) is 28.7 Å². The molecular weight excluding hydrogens is 292 g/mol. The normalized spacial score (nSPS) is 20.2. The van der Waals surface area contributed by atoms with Crippen LogP contribution in [0.3, 0.4) is 0 Å². The summed E-state index contributed by atoms with van der Waals surface area (Å²) >= 11 is 3.39. The van der Waals surface area contributed by atoms with E-state index in [-0.39, 0.29) is 5.91 Å². The van der Waals surface area contributed by atoms with Crippen LogP contribution in [0.1, 0.15) is 29.6 Å². The van der Waals surface area contributed by atoms with Gasteiger partial charge in [0.15, 0.2) is 0 Å². The molecule has 0 bridgehead atoms. The molecule has 1 saturated heterocycles. The fourth-order valence-corrected chi connectivity index (χ4v) is 2.61. The highest BCUT2D eigenvalue weighted by molar-refractivity contribution is 9.10. The van der Waals surface area contributed by atoms with Crippen LogP contribution < -0.4 is 5.32 Å². The van der Waals surface area contributed by atoms with E-state index in [0.29, 0.717) is 6.04 Å². The van der Waals surface area contributed by atoms with Gasteiger partial charge in [0.1, 0.15) is 0 Å². The average Bonchev–Trinajstić information content (AvgIpc) is 2.67. The Morgan fingerprint density at radius 3 is 2.72 bits per heavy atom. The number of hydrogen-bond donors (Lipinski definition) is 1. The Labute approximate surface area is 117 Å². The Hall–Kier alpha value is -0.870. The second-order valence-electron chi connectivity index (χ2n) is 4.76. The van der Waals surface area contributed by atoms with Crippen molar-refractivity contribution in [3.05, 3.63) is 34.3 Å². The van der Waals surface area contributed by atoms with Crippen LogP contribution in [0, 0.1) is 0 Å². The van der Waals surface area contributed by atoms with Crippen LogP contribution >= 0.6 is 15.9 Å². The lowest BCUT2D eigenvalue weighted by atomic mass is 10.1. The SMILES string of the molecule is CN(C(=O)c1ccc(Br)cc1)C1CCCNCC1. The molecule has 1 heterocycles. The number of carbonyl (C=O) groups excluding carboxylic acids is 1. The summed E-state index contributed by atoms with van der Waals surface area (Å²) in [4.78, 5) is 14.3. The molecule has 2 rings (SSSR count). The molecule has 98 valence electrons. The number of rotatable bonds is 2. The van der Waals surface area contributed by atoms with Gasteiger partial charge in [0.25, 0.3) is 5.91 Å². The number of carbonyl (C=O) groups is 1. The Morgan fingerprint density at radius 1 is 1.28 bits per heavy atom. The third-order valence-electron chi connectivity index (χ3n) is 3.50. The Morgan fingerprint density at radius 2 is 2.00 bits per heavy atom. The third-order valence-corrected chi connectivity index (χ3v) is 4.03. The van der Waals surface area contributed by atoms with Gasteiger partial charge in [-0.25, -0.2) is 0 Å². The maximum atomic E-state index is 12.4. The lowest BCUT2D eigenvalue weighted by molar-refractivity contribution is 0.0720. The molecule has 0 spiro atoms. The molecule has 1 unspecified atom stereocenters. The average molecular weight is 311 g/mol. The van der Waals surface area contributed by atoms with E-state index in [1.54, 1.807) is 0 Å². The van der Waals surface area contributed by atoms with Crippen molar-refractivity contribution in [2.75, 3.05) is 20.1 Å². The van der Waals surface area contributed by atoms with Crippen molar-refractivity contribution >= 4 is 21.8 Å². The van der Waals surface area contributed by atoms with Gasteiger partial charge < -0.3 is 10.2 Å². The number of benzene rings is 1. The number of hydrogen-bond acceptors (Lipinski definition) is 2. The van der Waals surface area contributed by atoms with E-state index in [1.165, 1.54) is 0 Å². The van der Waals surface area contributed by atoms with Gasteiger partial charge in [-0.1, -0.05) is 15.9 Å². The van der Waals surface area contributed by atoms with Crippen molar-refractivity contribution < 1.29 is 4.79 Å². The van der Waals surface area contributed by atoms with Gasteiger partial charge in [-0.3, -0.25) is 4.79 Å². The van der Waals surface area contributed by atoms with Crippen molar-refractivity contribution in [3.63, 3.8) is 0 Å². The minimum atomic E-state index is 0.120. The highest BCUT2D eigenvalue weighted by atomic mass is 79.9. The molecule has 0 aliphatic carbocycles. The van der Waals surface area contributed by atoms with Crippen LogP contribution in [0.2, 0.25) is 0 Å². The zero-order chi connectivity index (χ0) is 13.0. The quantitative estimate of drug-likeness (QED) is 0.911. The maximum Gasteiger partial charge on any atom is 0.253 e. The minimum absolute atomic E-state index is 0.120. The van der Waals surface area contributed by atoms with Crippen LogP contribution in [-0.2, 0) is 0 Å². The summed E-state index contributed by atoms with van der Waals surface area (Å²) in [5, 5.41) is 3.37. The first-order chi connectivity index (χ1) is 8.68. The molecule has 18 heavy (non-hydrogen) atoms. The second-order valence-corrected chi connectivity index (χ2v) is 5.67.